The van der Waals surface area contributed by atoms with E-state index in [0.29, 0.717) is 6.42 Å². The fourth-order valence-electron chi connectivity index (χ4n) is 1.66. The van der Waals surface area contributed by atoms with Crippen molar-refractivity contribution in [3.8, 4) is 0 Å². The highest BCUT2D eigenvalue weighted by Crippen LogP contribution is 2.24. The lowest BCUT2D eigenvalue weighted by Gasteiger charge is -2.38. The first kappa shape index (κ1) is 10.5. The third kappa shape index (κ3) is 2.44. The Balaban J connectivity index is 2.43. The van der Waals surface area contributed by atoms with Crippen molar-refractivity contribution in [3.05, 3.63) is 0 Å². The summed E-state index contributed by atoms with van der Waals surface area (Å²) in [7, 11) is 1.75. The van der Waals surface area contributed by atoms with Gasteiger partial charge in [0.05, 0.1) is 5.60 Å². The molecule has 0 N–H and O–H groups in total. The number of likely N-dealkylation sites (tertiary alicyclic amines) is 1. The minimum atomic E-state index is -0.00940. The topological polar surface area (TPSA) is 29.5 Å². The van der Waals surface area contributed by atoms with E-state index in [9.17, 15) is 4.79 Å². The molecule has 76 valence electrons. The largest absolute Gasteiger partial charge is 0.378 e. The van der Waals surface area contributed by atoms with E-state index in [2.05, 4.69) is 6.92 Å². The van der Waals surface area contributed by atoms with Gasteiger partial charge >= 0.3 is 0 Å². The average Bonchev–Trinajstić information content (AvgIpc) is 2.18. The normalized spacial score (nSPS) is 21.6. The van der Waals surface area contributed by atoms with Crippen LogP contribution in [-0.4, -0.2) is 36.6 Å². The van der Waals surface area contributed by atoms with Crippen LogP contribution < -0.4 is 0 Å². The van der Waals surface area contributed by atoms with Gasteiger partial charge < -0.3 is 9.64 Å². The molecule has 0 atom stereocenters. The van der Waals surface area contributed by atoms with E-state index < -0.39 is 0 Å². The zero-order chi connectivity index (χ0) is 9.90. The number of nitrogens with zero attached hydrogens (tertiary/aromatic N) is 1. The summed E-state index contributed by atoms with van der Waals surface area (Å²) in [5.41, 5.74) is -0.00940. The van der Waals surface area contributed by atoms with Crippen molar-refractivity contribution in [1.29, 1.82) is 0 Å². The van der Waals surface area contributed by atoms with E-state index in [-0.39, 0.29) is 11.5 Å². The van der Waals surface area contributed by atoms with E-state index in [4.69, 9.17) is 4.74 Å². The fraction of sp³-hybridized carbons (Fsp3) is 0.900. The number of piperidine rings is 1. The van der Waals surface area contributed by atoms with Crippen LogP contribution in [0.4, 0.5) is 0 Å². The summed E-state index contributed by atoms with van der Waals surface area (Å²) < 4.78 is 5.40. The van der Waals surface area contributed by atoms with Crippen molar-refractivity contribution < 1.29 is 9.53 Å². The molecule has 0 unspecified atom stereocenters. The second-order valence-corrected chi connectivity index (χ2v) is 3.89. The third-order valence-electron chi connectivity index (χ3n) is 2.97. The first-order valence-electron chi connectivity index (χ1n) is 4.94. The SMILES string of the molecule is CCC(=O)N1CCC(C)(OC)CC1. The highest BCUT2D eigenvalue weighted by Gasteiger charge is 2.30. The molecule has 13 heavy (non-hydrogen) atoms. The lowest BCUT2D eigenvalue weighted by Crippen LogP contribution is -2.45. The van der Waals surface area contributed by atoms with Crippen LogP contribution >= 0.6 is 0 Å². The van der Waals surface area contributed by atoms with Crippen LogP contribution in [-0.2, 0) is 9.53 Å². The maximum absolute atomic E-state index is 11.4. The molecule has 0 spiro atoms. The summed E-state index contributed by atoms with van der Waals surface area (Å²) in [5, 5.41) is 0. The monoisotopic (exact) mass is 185 g/mol. The Morgan fingerprint density at radius 1 is 1.46 bits per heavy atom. The van der Waals surface area contributed by atoms with Crippen LogP contribution in [0, 0.1) is 0 Å². The number of hydrogen-bond donors (Lipinski definition) is 0. The Morgan fingerprint density at radius 2 is 2.00 bits per heavy atom. The average molecular weight is 185 g/mol. The Bertz CT molecular complexity index is 183. The number of rotatable bonds is 2. The molecule has 1 rings (SSSR count). The van der Waals surface area contributed by atoms with Crippen molar-refractivity contribution in [2.45, 2.75) is 38.7 Å². The Hall–Kier alpha value is -0.570. The van der Waals surface area contributed by atoms with Gasteiger partial charge in [-0.1, -0.05) is 6.92 Å². The molecule has 1 saturated heterocycles. The smallest absolute Gasteiger partial charge is 0.222 e. The van der Waals surface area contributed by atoms with Crippen LogP contribution in [0.1, 0.15) is 33.1 Å². The maximum atomic E-state index is 11.4. The molecule has 1 heterocycles. The highest BCUT2D eigenvalue weighted by atomic mass is 16.5. The minimum Gasteiger partial charge on any atom is -0.378 e. The van der Waals surface area contributed by atoms with Gasteiger partial charge in [-0.3, -0.25) is 4.79 Å². The summed E-state index contributed by atoms with van der Waals surface area (Å²) in [6, 6.07) is 0. The van der Waals surface area contributed by atoms with Gasteiger partial charge in [-0.05, 0) is 19.8 Å². The molecule has 0 aromatic carbocycles. The molecular weight excluding hydrogens is 166 g/mol. The summed E-state index contributed by atoms with van der Waals surface area (Å²) in [6.45, 7) is 5.71. The Kier molecular flexibility index (Phi) is 3.31. The molecular formula is C10H19NO2. The van der Waals surface area contributed by atoms with Gasteiger partial charge in [0.25, 0.3) is 0 Å². The first-order valence-corrected chi connectivity index (χ1v) is 4.94. The Morgan fingerprint density at radius 3 is 2.38 bits per heavy atom. The molecule has 0 aromatic heterocycles. The molecule has 0 saturated carbocycles. The van der Waals surface area contributed by atoms with E-state index >= 15 is 0 Å². The van der Waals surface area contributed by atoms with Crippen LogP contribution in [0.5, 0.6) is 0 Å². The third-order valence-corrected chi connectivity index (χ3v) is 2.97. The van der Waals surface area contributed by atoms with Crippen LogP contribution in [0.25, 0.3) is 0 Å². The van der Waals surface area contributed by atoms with E-state index in [0.717, 1.165) is 25.9 Å². The minimum absolute atomic E-state index is 0.00940. The van der Waals surface area contributed by atoms with E-state index in [1.54, 1.807) is 7.11 Å². The zero-order valence-electron chi connectivity index (χ0n) is 8.80. The fourth-order valence-corrected chi connectivity index (χ4v) is 1.66. The molecule has 1 amide bonds. The van der Waals surface area contributed by atoms with Gasteiger partial charge in [-0.25, -0.2) is 0 Å². The van der Waals surface area contributed by atoms with Gasteiger partial charge in [-0.15, -0.1) is 0 Å². The number of hydrogen-bond acceptors (Lipinski definition) is 2. The zero-order valence-corrected chi connectivity index (χ0v) is 8.80. The molecule has 1 fully saturated rings. The number of carbonyl (C=O) groups excluding carboxylic acids is 1. The quantitative estimate of drug-likeness (QED) is 0.651. The standard InChI is InChI=1S/C10H19NO2/c1-4-9(12)11-7-5-10(2,13-3)6-8-11/h4-8H2,1-3H3. The molecule has 0 bridgehead atoms. The summed E-state index contributed by atoms with van der Waals surface area (Å²) in [5.74, 6) is 0.262. The van der Waals surface area contributed by atoms with Gasteiger partial charge in [0, 0.05) is 26.6 Å². The van der Waals surface area contributed by atoms with Crippen molar-refractivity contribution in [2.24, 2.45) is 0 Å². The van der Waals surface area contributed by atoms with Crippen molar-refractivity contribution in [2.75, 3.05) is 20.2 Å². The van der Waals surface area contributed by atoms with Crippen molar-refractivity contribution in [3.63, 3.8) is 0 Å². The molecule has 1 aliphatic heterocycles. The van der Waals surface area contributed by atoms with Crippen molar-refractivity contribution in [1.82, 2.24) is 4.90 Å². The number of amides is 1. The molecule has 0 radical (unpaired) electrons. The molecule has 0 aliphatic carbocycles. The second kappa shape index (κ2) is 4.09. The van der Waals surface area contributed by atoms with E-state index in [1.807, 2.05) is 11.8 Å². The lowest BCUT2D eigenvalue weighted by atomic mass is 9.93. The Labute approximate surface area is 80.1 Å². The van der Waals surface area contributed by atoms with Crippen molar-refractivity contribution >= 4 is 5.91 Å². The lowest BCUT2D eigenvalue weighted by molar-refractivity contribution is -0.135. The molecule has 1 aliphatic rings. The van der Waals surface area contributed by atoms with Crippen LogP contribution in [0.2, 0.25) is 0 Å². The molecule has 0 aromatic rings. The number of carbonyl (C=O) groups is 1. The molecule has 3 heteroatoms. The predicted molar refractivity (Wildman–Crippen MR) is 51.5 cm³/mol. The highest BCUT2D eigenvalue weighted by molar-refractivity contribution is 5.75. The summed E-state index contributed by atoms with van der Waals surface area (Å²) in [4.78, 5) is 13.3. The maximum Gasteiger partial charge on any atom is 0.222 e. The number of methoxy groups -OCH3 is 1. The van der Waals surface area contributed by atoms with Crippen LogP contribution in [0.15, 0.2) is 0 Å². The predicted octanol–water partition coefficient (Wildman–Crippen LogP) is 1.42. The van der Waals surface area contributed by atoms with Gasteiger partial charge in [0.1, 0.15) is 0 Å². The summed E-state index contributed by atoms with van der Waals surface area (Å²) >= 11 is 0. The van der Waals surface area contributed by atoms with Gasteiger partial charge in [0.15, 0.2) is 0 Å². The first-order chi connectivity index (χ1) is 6.11. The summed E-state index contributed by atoms with van der Waals surface area (Å²) in [6.07, 6.45) is 2.52. The van der Waals surface area contributed by atoms with Gasteiger partial charge in [-0.2, -0.15) is 0 Å². The second-order valence-electron chi connectivity index (χ2n) is 3.89. The van der Waals surface area contributed by atoms with Gasteiger partial charge in [0.2, 0.25) is 5.91 Å². The van der Waals surface area contributed by atoms with E-state index in [1.165, 1.54) is 0 Å². The van der Waals surface area contributed by atoms with Crippen LogP contribution in [0.3, 0.4) is 0 Å². The molecule has 3 nitrogen and oxygen atoms in total. The number of ether oxygens (including phenoxy) is 1.